The lowest BCUT2D eigenvalue weighted by molar-refractivity contribution is -0.385. The number of hydrogen-bond donors (Lipinski definition) is 4. The Morgan fingerprint density at radius 3 is 1.33 bits per heavy atom. The lowest BCUT2D eigenvalue weighted by Gasteiger charge is -2.25. The molecule has 4 N–H and O–H groups in total. The lowest BCUT2D eigenvalue weighted by atomic mass is 10.2. The number of aromatic hydroxyl groups is 4. The van der Waals surface area contributed by atoms with Gasteiger partial charge in [-0.3, -0.25) is 20.2 Å². The maximum absolute atomic E-state index is 10.9. The Morgan fingerprint density at radius 1 is 0.569 bits per heavy atom. The molecule has 16 heteroatoms. The van der Waals surface area contributed by atoms with Gasteiger partial charge in [0, 0.05) is 75.0 Å². The molecule has 0 bridgehead atoms. The van der Waals surface area contributed by atoms with Crippen molar-refractivity contribution in [1.82, 2.24) is 0 Å². The summed E-state index contributed by atoms with van der Waals surface area (Å²) >= 11 is 0. The number of phenolic OH excluding ortho intramolecular Hbond substituents is 4. The molecule has 0 atom stereocenters. The molecule has 4 aromatic rings. The molecule has 0 aliphatic carbocycles. The SMILES string of the molecule is C.CCCCN(CCCC)c1ccc(N=Nc2cc([N+](=O)[O-])ccc2O)c(O)c1.CN(C)c1ccc(N=Nc2cc([N+](=O)[O-])ccc2O)c(O)c1. The van der Waals surface area contributed by atoms with E-state index in [2.05, 4.69) is 39.2 Å². The van der Waals surface area contributed by atoms with Gasteiger partial charge in [0.2, 0.25) is 0 Å². The second-order valence-corrected chi connectivity index (χ2v) is 11.2. The number of rotatable bonds is 14. The number of phenols is 4. The molecular weight excluding hydrogens is 660 g/mol. The van der Waals surface area contributed by atoms with Crippen LogP contribution in [0.1, 0.15) is 47.0 Å². The summed E-state index contributed by atoms with van der Waals surface area (Å²) in [5, 5.41) is 76.5. The highest BCUT2D eigenvalue weighted by atomic mass is 16.6. The molecule has 0 saturated carbocycles. The van der Waals surface area contributed by atoms with E-state index in [0.29, 0.717) is 0 Å². The van der Waals surface area contributed by atoms with Gasteiger partial charge in [-0.2, -0.15) is 0 Å². The zero-order valence-electron chi connectivity index (χ0n) is 28.2. The average molecular weight is 705 g/mol. The standard InChI is InChI=1S/C20H26N4O4.C14H14N4O4.CH4/c1-3-5-11-23(12-6-4-2)15-7-9-17(20(26)14-15)21-22-18-13-16(24(27)28)8-10-19(18)25;1-17(2)9-3-5-11(14(20)8-9)15-16-12-7-10(18(21)22)4-6-13(12)19;/h7-10,13-14,25-26H,3-6,11-12H2,1-2H3;3-8,19-20H,1-2H3;1H4. The number of benzene rings is 4. The summed E-state index contributed by atoms with van der Waals surface area (Å²) in [4.78, 5) is 24.4. The van der Waals surface area contributed by atoms with E-state index in [1.54, 1.807) is 24.3 Å². The van der Waals surface area contributed by atoms with Crippen molar-refractivity contribution in [2.75, 3.05) is 37.0 Å². The number of azo groups is 2. The quantitative estimate of drug-likeness (QED) is 0.0552. The molecule has 0 aromatic heterocycles. The van der Waals surface area contributed by atoms with Gasteiger partial charge in [0.05, 0.1) is 9.85 Å². The van der Waals surface area contributed by atoms with Crippen molar-refractivity contribution in [3.05, 3.63) is 93.0 Å². The maximum Gasteiger partial charge on any atom is 0.271 e. The van der Waals surface area contributed by atoms with Crippen LogP contribution in [0.4, 0.5) is 45.5 Å². The van der Waals surface area contributed by atoms with Crippen molar-refractivity contribution in [1.29, 1.82) is 0 Å². The van der Waals surface area contributed by atoms with Crippen LogP contribution in [0.25, 0.3) is 0 Å². The molecule has 0 amide bonds. The minimum atomic E-state index is -0.595. The normalized spacial score (nSPS) is 10.7. The minimum Gasteiger partial charge on any atom is -0.506 e. The number of non-ortho nitro benzene ring substituents is 2. The fourth-order valence-corrected chi connectivity index (χ4v) is 4.36. The highest BCUT2D eigenvalue weighted by Crippen LogP contribution is 2.37. The summed E-state index contributed by atoms with van der Waals surface area (Å²) in [6.07, 6.45) is 4.32. The van der Waals surface area contributed by atoms with Crippen LogP contribution in [-0.2, 0) is 0 Å². The fraction of sp³-hybridized carbons (Fsp3) is 0.314. The van der Waals surface area contributed by atoms with Crippen LogP contribution in [0.2, 0.25) is 0 Å². The number of nitrogens with zero attached hydrogens (tertiary/aromatic N) is 8. The minimum absolute atomic E-state index is 0. The predicted molar refractivity (Wildman–Crippen MR) is 197 cm³/mol. The van der Waals surface area contributed by atoms with E-state index in [1.165, 1.54) is 24.3 Å². The van der Waals surface area contributed by atoms with Crippen LogP contribution >= 0.6 is 0 Å². The zero-order valence-corrected chi connectivity index (χ0v) is 28.2. The van der Waals surface area contributed by atoms with Crippen molar-refractivity contribution < 1.29 is 30.3 Å². The van der Waals surface area contributed by atoms with Gasteiger partial charge in [-0.25, -0.2) is 0 Å². The fourth-order valence-electron chi connectivity index (χ4n) is 4.36. The molecule has 0 aliphatic heterocycles. The van der Waals surface area contributed by atoms with Crippen molar-refractivity contribution in [2.24, 2.45) is 20.5 Å². The Balaban J connectivity index is 0.000000356. The van der Waals surface area contributed by atoms with Gasteiger partial charge < -0.3 is 30.2 Å². The van der Waals surface area contributed by atoms with Crippen LogP contribution in [0.15, 0.2) is 93.3 Å². The Morgan fingerprint density at radius 2 is 0.961 bits per heavy atom. The van der Waals surface area contributed by atoms with Crippen molar-refractivity contribution >= 4 is 45.5 Å². The number of anilines is 2. The highest BCUT2D eigenvalue weighted by molar-refractivity contribution is 5.63. The first-order chi connectivity index (χ1) is 23.8. The van der Waals surface area contributed by atoms with E-state index in [1.807, 2.05) is 25.1 Å². The van der Waals surface area contributed by atoms with E-state index in [4.69, 9.17) is 0 Å². The van der Waals surface area contributed by atoms with Gasteiger partial charge in [-0.05, 0) is 49.2 Å². The number of nitro groups is 2. The summed E-state index contributed by atoms with van der Waals surface area (Å²) in [6, 6.07) is 16.9. The predicted octanol–water partition coefficient (Wildman–Crippen LogP) is 9.95. The number of unbranched alkanes of at least 4 members (excludes halogenated alkanes) is 2. The van der Waals surface area contributed by atoms with Gasteiger partial charge in [-0.15, -0.1) is 20.5 Å². The third kappa shape index (κ3) is 12.0. The number of nitro benzene ring substituents is 2. The number of hydrogen-bond acceptors (Lipinski definition) is 14. The molecule has 0 fully saturated rings. The Bertz CT molecular complexity index is 1840. The second kappa shape index (κ2) is 19.6. The van der Waals surface area contributed by atoms with Gasteiger partial charge in [-0.1, -0.05) is 34.1 Å². The van der Waals surface area contributed by atoms with E-state index >= 15 is 0 Å². The van der Waals surface area contributed by atoms with Crippen molar-refractivity contribution in [2.45, 2.75) is 47.0 Å². The zero-order chi connectivity index (χ0) is 36.8. The summed E-state index contributed by atoms with van der Waals surface area (Å²) in [5.41, 5.74) is 1.62. The molecule has 0 heterocycles. The first-order valence-electron chi connectivity index (χ1n) is 15.7. The molecular formula is C35H44N8O8. The van der Waals surface area contributed by atoms with E-state index < -0.39 is 9.85 Å². The van der Waals surface area contributed by atoms with E-state index in [0.717, 1.165) is 68.3 Å². The Hall–Kier alpha value is -6.32. The largest absolute Gasteiger partial charge is 0.506 e. The summed E-state index contributed by atoms with van der Waals surface area (Å²) in [7, 11) is 3.66. The Labute approximate surface area is 296 Å². The summed E-state index contributed by atoms with van der Waals surface area (Å²) in [6.45, 7) is 6.11. The van der Waals surface area contributed by atoms with Crippen LogP contribution in [0, 0.1) is 20.2 Å². The van der Waals surface area contributed by atoms with Gasteiger partial charge >= 0.3 is 0 Å². The molecule has 4 aromatic carbocycles. The smallest absolute Gasteiger partial charge is 0.271 e. The first kappa shape index (κ1) is 40.9. The lowest BCUT2D eigenvalue weighted by Crippen LogP contribution is -2.25. The monoisotopic (exact) mass is 704 g/mol. The first-order valence-corrected chi connectivity index (χ1v) is 15.7. The van der Waals surface area contributed by atoms with Gasteiger partial charge in [0.15, 0.2) is 0 Å². The molecule has 0 radical (unpaired) electrons. The second-order valence-electron chi connectivity index (χ2n) is 11.2. The van der Waals surface area contributed by atoms with Crippen LogP contribution < -0.4 is 9.80 Å². The van der Waals surface area contributed by atoms with Gasteiger partial charge in [0.1, 0.15) is 45.7 Å². The Kier molecular flexibility index (Phi) is 15.7. The van der Waals surface area contributed by atoms with Crippen LogP contribution in [-0.4, -0.2) is 57.5 Å². The van der Waals surface area contributed by atoms with Crippen molar-refractivity contribution in [3.8, 4) is 23.0 Å². The molecule has 4 rings (SSSR count). The molecule has 16 nitrogen and oxygen atoms in total. The maximum atomic E-state index is 10.9. The van der Waals surface area contributed by atoms with Crippen LogP contribution in [0.3, 0.4) is 0 Å². The molecule has 0 unspecified atom stereocenters. The molecule has 0 aliphatic rings. The van der Waals surface area contributed by atoms with E-state index in [-0.39, 0.29) is 64.5 Å². The highest BCUT2D eigenvalue weighted by Gasteiger charge is 2.13. The molecule has 51 heavy (non-hydrogen) atoms. The van der Waals surface area contributed by atoms with Crippen molar-refractivity contribution in [3.63, 3.8) is 0 Å². The third-order valence-electron chi connectivity index (χ3n) is 7.23. The molecule has 0 saturated heterocycles. The average Bonchev–Trinajstić information content (AvgIpc) is 3.08. The molecule has 272 valence electrons. The summed E-state index contributed by atoms with van der Waals surface area (Å²) in [5.74, 6) is -0.585. The topological polar surface area (TPSA) is 223 Å². The molecule has 0 spiro atoms. The third-order valence-corrected chi connectivity index (χ3v) is 7.23. The van der Waals surface area contributed by atoms with Crippen LogP contribution in [0.5, 0.6) is 23.0 Å². The summed E-state index contributed by atoms with van der Waals surface area (Å²) < 4.78 is 0. The van der Waals surface area contributed by atoms with E-state index in [9.17, 15) is 40.7 Å². The van der Waals surface area contributed by atoms with Gasteiger partial charge in [0.25, 0.3) is 11.4 Å².